The van der Waals surface area contributed by atoms with Crippen LogP contribution in [0.3, 0.4) is 0 Å². The van der Waals surface area contributed by atoms with E-state index in [4.69, 9.17) is 9.52 Å². The second kappa shape index (κ2) is 6.93. The number of hydrogen-bond acceptors (Lipinski definition) is 8. The van der Waals surface area contributed by atoms with Gasteiger partial charge in [-0.25, -0.2) is 18.4 Å². The minimum atomic E-state index is -3.01. The van der Waals surface area contributed by atoms with Gasteiger partial charge in [-0.15, -0.1) is 0 Å². The van der Waals surface area contributed by atoms with Crippen molar-refractivity contribution in [1.29, 1.82) is 0 Å². The minimum Gasteiger partial charge on any atom is -0.423 e. The topological polar surface area (TPSA) is 121 Å². The maximum atomic E-state index is 12.9. The quantitative estimate of drug-likeness (QED) is 0.421. The Hall–Kier alpha value is -3.14. The van der Waals surface area contributed by atoms with E-state index in [2.05, 4.69) is 15.0 Å². The lowest BCUT2D eigenvalue weighted by atomic mass is 9.86. The van der Waals surface area contributed by atoms with Crippen molar-refractivity contribution in [3.63, 3.8) is 0 Å². The highest BCUT2D eigenvalue weighted by atomic mass is 32.2. The summed E-state index contributed by atoms with van der Waals surface area (Å²) in [7, 11) is -3.01. The molecule has 4 aromatic rings. The van der Waals surface area contributed by atoms with Gasteiger partial charge in [-0.2, -0.15) is 5.10 Å². The van der Waals surface area contributed by atoms with Crippen LogP contribution in [-0.4, -0.2) is 50.4 Å². The van der Waals surface area contributed by atoms with Crippen LogP contribution < -0.4 is 0 Å². The average Bonchev–Trinajstić information content (AvgIpc) is 3.25. The molecule has 32 heavy (non-hydrogen) atoms. The van der Waals surface area contributed by atoms with E-state index in [1.165, 1.54) is 0 Å². The molecule has 10 heteroatoms. The highest BCUT2D eigenvalue weighted by Gasteiger charge is 2.45. The third-order valence-electron chi connectivity index (χ3n) is 5.74. The standard InChI is InChI=1S/C22H23N5O4S/c1-12(2)27-16-7-14(17(28)8-22(4)10-32(29,30)11-22)9-24-20(16)18(26-27)15-5-6-23-21-19(15)25-13(3)31-21/h5-7,9,12H,8,10-11H2,1-4H3. The van der Waals surface area contributed by atoms with Crippen LogP contribution in [0.15, 0.2) is 28.9 Å². The Bertz CT molecular complexity index is 1490. The number of hydrogen-bond donors (Lipinski definition) is 0. The molecule has 0 aliphatic carbocycles. The minimum absolute atomic E-state index is 0.0315. The number of rotatable bonds is 5. The van der Waals surface area contributed by atoms with Crippen LogP contribution in [0.2, 0.25) is 0 Å². The zero-order chi connectivity index (χ0) is 22.8. The molecule has 0 aromatic carbocycles. The molecule has 0 saturated carbocycles. The van der Waals surface area contributed by atoms with Crippen molar-refractivity contribution in [2.75, 3.05) is 11.5 Å². The summed E-state index contributed by atoms with van der Waals surface area (Å²) in [4.78, 5) is 26.2. The fraction of sp³-hybridized carbons (Fsp3) is 0.409. The molecule has 0 spiro atoms. The van der Waals surface area contributed by atoms with Gasteiger partial charge >= 0.3 is 0 Å². The molecule has 0 bridgehead atoms. The van der Waals surface area contributed by atoms with Crippen LogP contribution in [0.4, 0.5) is 0 Å². The maximum absolute atomic E-state index is 12.9. The number of nitrogens with zero attached hydrogens (tertiary/aromatic N) is 5. The molecule has 0 amide bonds. The third-order valence-corrected chi connectivity index (χ3v) is 8.01. The first-order valence-corrected chi connectivity index (χ1v) is 12.2. The summed E-state index contributed by atoms with van der Waals surface area (Å²) in [6.45, 7) is 7.62. The van der Waals surface area contributed by atoms with Gasteiger partial charge in [-0.1, -0.05) is 6.92 Å². The molecule has 1 saturated heterocycles. The number of fused-ring (bicyclic) bond motifs is 2. The zero-order valence-electron chi connectivity index (χ0n) is 18.3. The first-order chi connectivity index (χ1) is 15.1. The van der Waals surface area contributed by atoms with Crippen molar-refractivity contribution in [2.45, 2.75) is 40.2 Å². The maximum Gasteiger partial charge on any atom is 0.247 e. The van der Waals surface area contributed by atoms with Crippen LogP contribution in [0.25, 0.3) is 33.5 Å². The molecule has 1 aliphatic rings. The van der Waals surface area contributed by atoms with E-state index >= 15 is 0 Å². The lowest BCUT2D eigenvalue weighted by molar-refractivity contribution is 0.0936. The van der Waals surface area contributed by atoms with Gasteiger partial charge in [0.05, 0.1) is 17.0 Å². The largest absolute Gasteiger partial charge is 0.423 e. The molecule has 5 heterocycles. The molecule has 1 aliphatic heterocycles. The highest BCUT2D eigenvalue weighted by molar-refractivity contribution is 7.92. The smallest absolute Gasteiger partial charge is 0.247 e. The number of aryl methyl sites for hydroxylation is 1. The van der Waals surface area contributed by atoms with Crippen molar-refractivity contribution in [2.24, 2.45) is 5.41 Å². The Balaban J connectivity index is 1.59. The third kappa shape index (κ3) is 3.38. The predicted molar refractivity (Wildman–Crippen MR) is 119 cm³/mol. The van der Waals surface area contributed by atoms with E-state index in [-0.39, 0.29) is 29.8 Å². The fourth-order valence-electron chi connectivity index (χ4n) is 4.49. The van der Waals surface area contributed by atoms with Gasteiger partial charge in [0.2, 0.25) is 5.71 Å². The van der Waals surface area contributed by atoms with Gasteiger partial charge in [-0.05, 0) is 26.0 Å². The molecule has 5 rings (SSSR count). The Labute approximate surface area is 184 Å². The number of aromatic nitrogens is 5. The van der Waals surface area contributed by atoms with E-state index in [1.807, 2.05) is 31.5 Å². The number of Topliss-reactive ketones (excluding diaryl/α,β-unsaturated/α-hetero) is 1. The molecule has 0 N–H and O–H groups in total. The van der Waals surface area contributed by atoms with Gasteiger partial charge in [0.15, 0.2) is 21.5 Å². The summed E-state index contributed by atoms with van der Waals surface area (Å²) in [6, 6.07) is 3.66. The van der Waals surface area contributed by atoms with Crippen molar-refractivity contribution in [1.82, 2.24) is 24.7 Å². The molecule has 0 unspecified atom stereocenters. The van der Waals surface area contributed by atoms with Crippen molar-refractivity contribution in [3.05, 3.63) is 36.0 Å². The SMILES string of the molecule is Cc1nc2c(-c3nn(C(C)C)c4cc(C(=O)CC5(C)CS(=O)(=O)C5)cnc34)ccnc2o1. The second-order valence-corrected chi connectivity index (χ2v) is 11.2. The summed E-state index contributed by atoms with van der Waals surface area (Å²) in [6.07, 6.45) is 3.36. The number of sulfone groups is 1. The van der Waals surface area contributed by atoms with Crippen LogP contribution in [0.5, 0.6) is 0 Å². The van der Waals surface area contributed by atoms with Crippen molar-refractivity contribution < 1.29 is 17.6 Å². The normalized spacial score (nSPS) is 17.2. The van der Waals surface area contributed by atoms with E-state index in [0.29, 0.717) is 33.9 Å². The fourth-order valence-corrected chi connectivity index (χ4v) is 6.73. The van der Waals surface area contributed by atoms with E-state index in [1.54, 1.807) is 25.4 Å². The van der Waals surface area contributed by atoms with Gasteiger partial charge < -0.3 is 4.42 Å². The molecule has 1 fully saturated rings. The Morgan fingerprint density at radius 2 is 2.00 bits per heavy atom. The van der Waals surface area contributed by atoms with Crippen LogP contribution in [-0.2, 0) is 9.84 Å². The van der Waals surface area contributed by atoms with Crippen LogP contribution in [0, 0.1) is 12.3 Å². The summed E-state index contributed by atoms with van der Waals surface area (Å²) in [5.41, 5.74) is 3.78. The highest BCUT2D eigenvalue weighted by Crippen LogP contribution is 2.37. The summed E-state index contributed by atoms with van der Waals surface area (Å²) >= 11 is 0. The predicted octanol–water partition coefficient (Wildman–Crippen LogP) is 3.53. The molecule has 0 radical (unpaired) electrons. The monoisotopic (exact) mass is 453 g/mol. The van der Waals surface area contributed by atoms with E-state index in [0.717, 1.165) is 11.1 Å². The Kier molecular flexibility index (Phi) is 4.49. The molecular weight excluding hydrogens is 430 g/mol. The first-order valence-electron chi connectivity index (χ1n) is 10.4. The molecular formula is C22H23N5O4S. The molecule has 166 valence electrons. The number of carbonyl (C=O) groups excluding carboxylic acids is 1. The van der Waals surface area contributed by atoms with E-state index in [9.17, 15) is 13.2 Å². The summed E-state index contributed by atoms with van der Waals surface area (Å²) in [5.74, 6) is 0.489. The summed E-state index contributed by atoms with van der Waals surface area (Å²) in [5, 5.41) is 4.79. The Morgan fingerprint density at radius 1 is 1.25 bits per heavy atom. The number of oxazole rings is 1. The number of pyridine rings is 2. The lowest BCUT2D eigenvalue weighted by Gasteiger charge is -2.37. The number of ketones is 1. The van der Waals surface area contributed by atoms with E-state index < -0.39 is 15.3 Å². The van der Waals surface area contributed by atoms with Gasteiger partial charge in [0, 0.05) is 48.3 Å². The van der Waals surface area contributed by atoms with Gasteiger partial charge in [0.1, 0.15) is 16.7 Å². The Morgan fingerprint density at radius 3 is 2.69 bits per heavy atom. The van der Waals surface area contributed by atoms with Crippen molar-refractivity contribution >= 4 is 37.9 Å². The number of carbonyl (C=O) groups is 1. The first kappa shape index (κ1) is 20.7. The van der Waals surface area contributed by atoms with Crippen LogP contribution >= 0.6 is 0 Å². The van der Waals surface area contributed by atoms with Crippen LogP contribution in [0.1, 0.15) is 49.5 Å². The zero-order valence-corrected chi connectivity index (χ0v) is 19.1. The van der Waals surface area contributed by atoms with Gasteiger partial charge in [0.25, 0.3) is 0 Å². The molecule has 4 aromatic heterocycles. The second-order valence-electron chi connectivity index (χ2n) is 9.17. The molecule has 9 nitrogen and oxygen atoms in total. The average molecular weight is 454 g/mol. The lowest BCUT2D eigenvalue weighted by Crippen LogP contribution is -2.47. The van der Waals surface area contributed by atoms with Crippen molar-refractivity contribution in [3.8, 4) is 11.3 Å². The molecule has 0 atom stereocenters. The van der Waals surface area contributed by atoms with Gasteiger partial charge in [-0.3, -0.25) is 14.5 Å². The summed E-state index contributed by atoms with van der Waals surface area (Å²) < 4.78 is 30.6.